The molecule has 2 aromatic carbocycles. The molecular weight excluding hydrogens is 393 g/mol. The Kier molecular flexibility index (Phi) is 3.72. The molecule has 0 amide bonds. The predicted octanol–water partition coefficient (Wildman–Crippen LogP) is 5.85. The van der Waals surface area contributed by atoms with Gasteiger partial charge in [-0.05, 0) is 35.4 Å². The Morgan fingerprint density at radius 1 is 0.773 bits per heavy atom. The molecule has 0 atom stereocenters. The molecule has 2 aromatic rings. The predicted molar refractivity (Wildman–Crippen MR) is 77.7 cm³/mol. The van der Waals surface area contributed by atoms with Gasteiger partial charge in [-0.15, -0.1) is 0 Å². The van der Waals surface area contributed by atoms with Crippen molar-refractivity contribution in [3.63, 3.8) is 0 Å². The smallest absolute Gasteiger partial charge is 0.166 e. The van der Waals surface area contributed by atoms with Crippen molar-refractivity contribution in [3.8, 4) is 0 Å². The van der Waals surface area contributed by atoms with Crippen molar-refractivity contribution in [1.82, 2.24) is 0 Å². The van der Waals surface area contributed by atoms with Crippen LogP contribution in [0.1, 0.15) is 11.1 Å². The zero-order valence-electron chi connectivity index (χ0n) is 10.8. The van der Waals surface area contributed by atoms with Crippen LogP contribution in [0, 0.1) is 0 Å². The molecule has 3 rings (SSSR count). The monoisotopic (exact) mass is 400 g/mol. The van der Waals surface area contributed by atoms with Gasteiger partial charge < -0.3 is 0 Å². The van der Waals surface area contributed by atoms with Crippen LogP contribution in [-0.2, 0) is 12.8 Å². The fourth-order valence-electron chi connectivity index (χ4n) is 2.87. The maximum Gasteiger partial charge on any atom is 0.418 e. The Morgan fingerprint density at radius 3 is 1.77 bits per heavy atom. The first-order valence-corrected chi connectivity index (χ1v) is 8.41. The molecule has 0 saturated carbocycles. The summed E-state index contributed by atoms with van der Waals surface area (Å²) in [5.74, 6) is -10.7. The normalized spacial score (nSPS) is 15.1. The lowest BCUT2D eigenvalue weighted by atomic mass is 10.1. The second-order valence-corrected chi connectivity index (χ2v) is 7.99. The van der Waals surface area contributed by atoms with E-state index in [9.17, 15) is 26.3 Å². The summed E-state index contributed by atoms with van der Waals surface area (Å²) in [5, 5.41) is -0.0921. The van der Waals surface area contributed by atoms with Crippen LogP contribution < -0.4 is 5.30 Å². The molecule has 0 heterocycles. The summed E-state index contributed by atoms with van der Waals surface area (Å²) in [7, 11) is -4.28. The Bertz CT molecular complexity index is 725. The zero-order valence-corrected chi connectivity index (χ0v) is 13.3. The van der Waals surface area contributed by atoms with Crippen LogP contribution >= 0.6 is 23.9 Å². The molecule has 0 aromatic heterocycles. The summed E-state index contributed by atoms with van der Waals surface area (Å²) in [6.45, 7) is 0. The third-order valence-corrected chi connectivity index (χ3v) is 6.20. The average Bonchev–Trinajstić information content (AvgIpc) is 2.76. The summed E-state index contributed by atoms with van der Waals surface area (Å²) in [5.41, 5.74) is 1.60. The molecule has 0 aliphatic heterocycles. The summed E-state index contributed by atoms with van der Waals surface area (Å²) < 4.78 is 78.7. The van der Waals surface area contributed by atoms with E-state index in [1.807, 2.05) is 0 Å². The van der Waals surface area contributed by atoms with Crippen molar-refractivity contribution >= 4 is 39.9 Å². The van der Waals surface area contributed by atoms with Gasteiger partial charge in [0.15, 0.2) is 0 Å². The summed E-state index contributed by atoms with van der Waals surface area (Å²) >= 11 is 3.12. The van der Waals surface area contributed by atoms with Gasteiger partial charge in [0.2, 0.25) is 0 Å². The van der Waals surface area contributed by atoms with Gasteiger partial charge in [-0.3, -0.25) is 0 Å². The van der Waals surface area contributed by atoms with Crippen LogP contribution in [0.5, 0.6) is 0 Å². The molecular formula is C14H8BrF6P. The second-order valence-electron chi connectivity index (χ2n) is 4.97. The highest BCUT2D eigenvalue weighted by molar-refractivity contribution is 9.10. The number of halogens is 7. The highest BCUT2D eigenvalue weighted by atomic mass is 79.9. The van der Waals surface area contributed by atoms with Gasteiger partial charge in [0, 0.05) is 15.2 Å². The van der Waals surface area contributed by atoms with E-state index in [1.165, 1.54) is 12.1 Å². The van der Waals surface area contributed by atoms with Gasteiger partial charge in [-0.1, -0.05) is 34.1 Å². The van der Waals surface area contributed by atoms with Crippen LogP contribution in [0.15, 0.2) is 28.7 Å². The van der Waals surface area contributed by atoms with E-state index in [2.05, 4.69) is 15.9 Å². The van der Waals surface area contributed by atoms with Gasteiger partial charge in [-0.2, -0.15) is 26.3 Å². The maximum absolute atomic E-state index is 13.1. The number of hydrogen-bond donors (Lipinski definition) is 0. The van der Waals surface area contributed by atoms with Crippen molar-refractivity contribution in [3.05, 3.63) is 39.9 Å². The van der Waals surface area contributed by atoms with Crippen LogP contribution in [0.25, 0.3) is 10.8 Å². The SMILES string of the molecule is FC(F)(F)P(c1ccc2c3c(ccc(Br)c13)CC2)C(F)(F)F. The standard InChI is InChI=1S/C14H8BrF6P/c15-9-5-3-7-1-2-8-4-6-10(12(9)11(7)8)22(13(16,17)18)14(19,20)21/h3-6H,1-2H2. The lowest BCUT2D eigenvalue weighted by Gasteiger charge is -2.25. The first kappa shape index (κ1) is 16.1. The van der Waals surface area contributed by atoms with Crippen LogP contribution in [-0.4, -0.2) is 11.8 Å². The van der Waals surface area contributed by atoms with E-state index in [-0.39, 0.29) is 9.86 Å². The third-order valence-electron chi connectivity index (χ3n) is 3.67. The van der Waals surface area contributed by atoms with Crippen LogP contribution in [0.2, 0.25) is 0 Å². The second kappa shape index (κ2) is 5.10. The van der Waals surface area contributed by atoms with E-state index >= 15 is 0 Å². The molecule has 0 fully saturated rings. The van der Waals surface area contributed by atoms with E-state index < -0.39 is 25.1 Å². The molecule has 0 nitrogen and oxygen atoms in total. The fourth-order valence-corrected chi connectivity index (χ4v) is 5.08. The average molecular weight is 401 g/mol. The first-order valence-electron chi connectivity index (χ1n) is 6.27. The maximum atomic E-state index is 13.1. The summed E-state index contributed by atoms with van der Waals surface area (Å²) in [4.78, 5) is 0. The minimum absolute atomic E-state index is 0.0493. The quantitative estimate of drug-likeness (QED) is 0.416. The molecule has 1 aliphatic carbocycles. The zero-order chi connectivity index (χ0) is 16.3. The Hall–Kier alpha value is -0.810. The number of alkyl halides is 6. The van der Waals surface area contributed by atoms with E-state index in [1.54, 1.807) is 6.07 Å². The minimum atomic E-state index is -5.33. The summed E-state index contributed by atoms with van der Waals surface area (Å²) in [6, 6.07) is 5.66. The third kappa shape index (κ3) is 2.52. The molecule has 0 bridgehead atoms. The van der Waals surface area contributed by atoms with Crippen LogP contribution in [0.4, 0.5) is 26.3 Å². The minimum Gasteiger partial charge on any atom is -0.166 e. The van der Waals surface area contributed by atoms with Crippen LogP contribution in [0.3, 0.4) is 0 Å². The van der Waals surface area contributed by atoms with Crippen molar-refractivity contribution in [2.75, 3.05) is 0 Å². The van der Waals surface area contributed by atoms with Gasteiger partial charge in [0.05, 0.1) is 0 Å². The summed E-state index contributed by atoms with van der Waals surface area (Å²) in [6.07, 6.45) is 1.27. The number of hydrogen-bond acceptors (Lipinski definition) is 0. The van der Waals surface area contributed by atoms with E-state index in [0.29, 0.717) is 18.2 Å². The number of aryl methyl sites for hydroxylation is 2. The van der Waals surface area contributed by atoms with Gasteiger partial charge in [0.25, 0.3) is 0 Å². The van der Waals surface area contributed by atoms with Crippen molar-refractivity contribution in [2.24, 2.45) is 0 Å². The van der Waals surface area contributed by atoms with Crippen molar-refractivity contribution in [2.45, 2.75) is 24.7 Å². The number of benzene rings is 2. The van der Waals surface area contributed by atoms with E-state index in [0.717, 1.165) is 17.2 Å². The molecule has 8 heteroatoms. The topological polar surface area (TPSA) is 0 Å². The largest absolute Gasteiger partial charge is 0.418 e. The molecule has 0 radical (unpaired) electrons. The molecule has 0 N–H and O–H groups in total. The fraction of sp³-hybridized carbons (Fsp3) is 0.286. The molecule has 1 aliphatic rings. The van der Waals surface area contributed by atoms with Crippen molar-refractivity contribution in [1.29, 1.82) is 0 Å². The highest BCUT2D eigenvalue weighted by Gasteiger charge is 2.58. The molecule has 118 valence electrons. The Balaban J connectivity index is 2.37. The highest BCUT2D eigenvalue weighted by Crippen LogP contribution is 2.64. The first-order chi connectivity index (χ1) is 10.1. The van der Waals surface area contributed by atoms with E-state index in [4.69, 9.17) is 0 Å². The van der Waals surface area contributed by atoms with Crippen molar-refractivity contribution < 1.29 is 26.3 Å². The van der Waals surface area contributed by atoms with Gasteiger partial charge >= 0.3 is 11.8 Å². The lowest BCUT2D eigenvalue weighted by Crippen LogP contribution is -2.26. The lowest BCUT2D eigenvalue weighted by molar-refractivity contribution is -0.0811. The van der Waals surface area contributed by atoms with Gasteiger partial charge in [-0.25, -0.2) is 0 Å². The molecule has 0 unspecified atom stereocenters. The molecule has 0 saturated heterocycles. The Morgan fingerprint density at radius 2 is 1.27 bits per heavy atom. The van der Waals surface area contributed by atoms with Gasteiger partial charge in [0.1, 0.15) is 7.92 Å². The molecule has 0 spiro atoms. The Labute approximate surface area is 131 Å². The molecule has 22 heavy (non-hydrogen) atoms. The number of rotatable bonds is 1.